The molecule has 1 aliphatic heterocycles. The molecule has 2 atom stereocenters. The number of halogens is 1. The summed E-state index contributed by atoms with van der Waals surface area (Å²) >= 11 is 6.13. The fourth-order valence-corrected chi connectivity index (χ4v) is 4.08. The van der Waals surface area contributed by atoms with E-state index in [0.717, 1.165) is 5.56 Å². The van der Waals surface area contributed by atoms with Gasteiger partial charge in [-0.15, -0.1) is 0 Å². The van der Waals surface area contributed by atoms with Crippen LogP contribution in [0.25, 0.3) is 0 Å². The molecule has 2 rings (SSSR count). The molecule has 0 bridgehead atoms. The van der Waals surface area contributed by atoms with Crippen LogP contribution < -0.4 is 4.72 Å². The Morgan fingerprint density at radius 1 is 1.42 bits per heavy atom. The van der Waals surface area contributed by atoms with E-state index in [-0.39, 0.29) is 5.92 Å². The lowest BCUT2D eigenvalue weighted by atomic mass is 9.93. The average Bonchev–Trinajstić information content (AvgIpc) is 2.42. The molecule has 0 unspecified atom stereocenters. The van der Waals surface area contributed by atoms with Gasteiger partial charge in [-0.3, -0.25) is 0 Å². The highest BCUT2D eigenvalue weighted by Crippen LogP contribution is 2.27. The van der Waals surface area contributed by atoms with Gasteiger partial charge in [0.15, 0.2) is 0 Å². The first-order valence-electron chi connectivity index (χ1n) is 6.28. The van der Waals surface area contributed by atoms with Crippen molar-refractivity contribution in [1.82, 2.24) is 4.72 Å². The normalized spacial score (nSPS) is 24.3. The van der Waals surface area contributed by atoms with Gasteiger partial charge in [0.05, 0.1) is 11.9 Å². The summed E-state index contributed by atoms with van der Waals surface area (Å²) in [5.74, 6) is -0.0638. The number of hydrogen-bond donors (Lipinski definition) is 1. The molecule has 1 heterocycles. The van der Waals surface area contributed by atoms with Crippen LogP contribution in [0.5, 0.6) is 0 Å². The molecular formula is C13H18ClNO3S. The smallest absolute Gasteiger partial charge is 0.214 e. The minimum Gasteiger partial charge on any atom is -0.381 e. The lowest BCUT2D eigenvalue weighted by Crippen LogP contribution is -2.43. The quantitative estimate of drug-likeness (QED) is 0.923. The lowest BCUT2D eigenvalue weighted by molar-refractivity contribution is 0.0571. The molecule has 1 aromatic carbocycles. The second-order valence-corrected chi connectivity index (χ2v) is 7.22. The van der Waals surface area contributed by atoms with Crippen LogP contribution in [-0.2, 0) is 21.2 Å². The van der Waals surface area contributed by atoms with Crippen molar-refractivity contribution in [2.24, 2.45) is 5.92 Å². The van der Waals surface area contributed by atoms with Gasteiger partial charge in [0.1, 0.15) is 0 Å². The van der Waals surface area contributed by atoms with Gasteiger partial charge in [-0.05, 0) is 31.5 Å². The monoisotopic (exact) mass is 303 g/mol. The van der Waals surface area contributed by atoms with Gasteiger partial charge in [-0.1, -0.05) is 29.8 Å². The van der Waals surface area contributed by atoms with Crippen molar-refractivity contribution in [2.75, 3.05) is 20.3 Å². The van der Waals surface area contributed by atoms with E-state index in [4.69, 9.17) is 16.3 Å². The third-order valence-corrected chi connectivity index (χ3v) is 5.88. The van der Waals surface area contributed by atoms with E-state index in [2.05, 4.69) is 4.72 Å². The van der Waals surface area contributed by atoms with Crippen LogP contribution in [0.2, 0.25) is 5.02 Å². The van der Waals surface area contributed by atoms with Gasteiger partial charge >= 0.3 is 0 Å². The van der Waals surface area contributed by atoms with Gasteiger partial charge in [-0.2, -0.15) is 0 Å². The topological polar surface area (TPSA) is 55.4 Å². The van der Waals surface area contributed by atoms with Crippen LogP contribution in [-0.4, -0.2) is 33.9 Å². The zero-order valence-corrected chi connectivity index (χ0v) is 12.4. The summed E-state index contributed by atoms with van der Waals surface area (Å²) in [6, 6.07) is 7.53. The predicted octanol–water partition coefficient (Wildman–Crippen LogP) is 1.84. The average molecular weight is 304 g/mol. The predicted molar refractivity (Wildman–Crippen MR) is 75.8 cm³/mol. The Morgan fingerprint density at radius 2 is 2.16 bits per heavy atom. The summed E-state index contributed by atoms with van der Waals surface area (Å²) in [5.41, 5.74) is 0.968. The Morgan fingerprint density at radius 3 is 2.84 bits per heavy atom. The summed E-state index contributed by atoms with van der Waals surface area (Å²) in [6.07, 6.45) is 1.14. The summed E-state index contributed by atoms with van der Waals surface area (Å²) in [4.78, 5) is 0. The molecule has 106 valence electrons. The number of rotatable bonds is 4. The van der Waals surface area contributed by atoms with Crippen molar-refractivity contribution in [3.05, 3.63) is 34.9 Å². The van der Waals surface area contributed by atoms with Gasteiger partial charge < -0.3 is 4.74 Å². The number of hydrogen-bond acceptors (Lipinski definition) is 3. The fourth-order valence-electron chi connectivity index (χ4n) is 2.47. The van der Waals surface area contributed by atoms with Crippen LogP contribution in [0.3, 0.4) is 0 Å². The van der Waals surface area contributed by atoms with Gasteiger partial charge in [0, 0.05) is 17.5 Å². The first-order valence-corrected chi connectivity index (χ1v) is 8.20. The standard InChI is InChI=1S/C13H18ClNO3S/c1-15-19(16,17)13-6-7-18-9-11(13)8-10-4-2-3-5-12(10)14/h2-5,11,13,15H,6-9H2,1H3/t11-,13+/m1/s1. The Kier molecular flexibility index (Phi) is 4.84. The van der Waals surface area contributed by atoms with Gasteiger partial charge in [0.2, 0.25) is 10.0 Å². The molecule has 19 heavy (non-hydrogen) atoms. The number of benzene rings is 1. The van der Waals surface area contributed by atoms with Crippen molar-refractivity contribution >= 4 is 21.6 Å². The largest absolute Gasteiger partial charge is 0.381 e. The molecule has 0 spiro atoms. The summed E-state index contributed by atoms with van der Waals surface area (Å²) in [7, 11) is -1.82. The zero-order valence-electron chi connectivity index (χ0n) is 10.8. The highest BCUT2D eigenvalue weighted by atomic mass is 35.5. The van der Waals surface area contributed by atoms with Crippen LogP contribution >= 0.6 is 11.6 Å². The molecule has 6 heteroatoms. The molecule has 0 radical (unpaired) electrons. The Bertz CT molecular complexity index is 532. The second-order valence-electron chi connectivity index (χ2n) is 4.71. The molecule has 1 N–H and O–H groups in total. The highest BCUT2D eigenvalue weighted by Gasteiger charge is 2.35. The number of nitrogens with one attached hydrogen (secondary N) is 1. The fraction of sp³-hybridized carbons (Fsp3) is 0.538. The molecule has 1 aromatic rings. The van der Waals surface area contributed by atoms with E-state index in [1.165, 1.54) is 7.05 Å². The summed E-state index contributed by atoms with van der Waals surface area (Å²) in [5, 5.41) is 0.260. The molecule has 4 nitrogen and oxygen atoms in total. The molecular weight excluding hydrogens is 286 g/mol. The number of ether oxygens (including phenoxy) is 1. The Balaban J connectivity index is 2.19. The molecule has 1 fully saturated rings. The Labute approximate surface area is 119 Å². The lowest BCUT2D eigenvalue weighted by Gasteiger charge is -2.31. The Hall–Kier alpha value is -0.620. The molecule has 1 aliphatic rings. The van der Waals surface area contributed by atoms with E-state index in [9.17, 15) is 8.42 Å². The molecule has 1 saturated heterocycles. The van der Waals surface area contributed by atoms with Crippen LogP contribution in [0, 0.1) is 5.92 Å². The van der Waals surface area contributed by atoms with Crippen LogP contribution in [0.4, 0.5) is 0 Å². The number of sulfonamides is 1. The van der Waals surface area contributed by atoms with Crippen LogP contribution in [0.15, 0.2) is 24.3 Å². The zero-order chi connectivity index (χ0) is 13.9. The maximum absolute atomic E-state index is 12.0. The van der Waals surface area contributed by atoms with E-state index < -0.39 is 15.3 Å². The maximum atomic E-state index is 12.0. The van der Waals surface area contributed by atoms with E-state index in [1.807, 2.05) is 24.3 Å². The summed E-state index contributed by atoms with van der Waals surface area (Å²) < 4.78 is 31.9. The third kappa shape index (κ3) is 3.48. The molecule has 0 aliphatic carbocycles. The van der Waals surface area contributed by atoms with Crippen LogP contribution in [0.1, 0.15) is 12.0 Å². The van der Waals surface area contributed by atoms with E-state index in [0.29, 0.717) is 31.1 Å². The van der Waals surface area contributed by atoms with Crippen molar-refractivity contribution in [3.8, 4) is 0 Å². The van der Waals surface area contributed by atoms with E-state index in [1.54, 1.807) is 0 Å². The minimum absolute atomic E-state index is 0.0638. The first-order chi connectivity index (χ1) is 9.04. The third-order valence-electron chi connectivity index (χ3n) is 3.53. The highest BCUT2D eigenvalue weighted by molar-refractivity contribution is 7.90. The SMILES string of the molecule is CNS(=O)(=O)[C@H]1CCOC[C@H]1Cc1ccccc1Cl. The van der Waals surface area contributed by atoms with Crippen molar-refractivity contribution < 1.29 is 13.2 Å². The second kappa shape index (κ2) is 6.22. The molecule has 0 saturated carbocycles. The molecule has 0 amide bonds. The first kappa shape index (κ1) is 14.8. The van der Waals surface area contributed by atoms with Gasteiger partial charge in [0.25, 0.3) is 0 Å². The van der Waals surface area contributed by atoms with E-state index >= 15 is 0 Å². The van der Waals surface area contributed by atoms with Crippen molar-refractivity contribution in [1.29, 1.82) is 0 Å². The molecule has 0 aromatic heterocycles. The maximum Gasteiger partial charge on any atom is 0.214 e. The van der Waals surface area contributed by atoms with Crippen molar-refractivity contribution in [3.63, 3.8) is 0 Å². The summed E-state index contributed by atoms with van der Waals surface area (Å²) in [6.45, 7) is 0.946. The van der Waals surface area contributed by atoms with Gasteiger partial charge in [-0.25, -0.2) is 13.1 Å². The minimum atomic E-state index is -3.28. The van der Waals surface area contributed by atoms with Crippen molar-refractivity contribution in [2.45, 2.75) is 18.1 Å².